The molecular weight excluding hydrogens is 394 g/mol. The van der Waals surface area contributed by atoms with Crippen LogP contribution in [0.1, 0.15) is 51.0 Å². The zero-order valence-electron chi connectivity index (χ0n) is 15.2. The number of nitrogens with one attached hydrogen (secondary N) is 1. The molecule has 4 saturated carbocycles. The van der Waals surface area contributed by atoms with Crippen molar-refractivity contribution >= 4 is 27.8 Å². The standard InChI is InChI=1S/C21H26BrNO3/c1-14(18(24)23-12-15-5-3-2-4-6-15)26-19(25)20-8-16-7-17(9-20)11-21(22,10-16)13-20/h2-6,14,16-17H,7-13H2,1H3,(H,23,24)/t14-,16-,17+,20?,21?/m0/s1. The fourth-order valence-corrected chi connectivity index (χ4v) is 7.11. The molecule has 0 spiro atoms. The first kappa shape index (κ1) is 18.0. The Hall–Kier alpha value is -1.36. The Morgan fingerprint density at radius 1 is 1.19 bits per heavy atom. The lowest BCUT2D eigenvalue weighted by Crippen LogP contribution is -2.56. The van der Waals surface area contributed by atoms with Gasteiger partial charge in [0.1, 0.15) is 0 Å². The van der Waals surface area contributed by atoms with E-state index in [0.29, 0.717) is 18.4 Å². The summed E-state index contributed by atoms with van der Waals surface area (Å²) in [5.74, 6) is 0.828. The van der Waals surface area contributed by atoms with Gasteiger partial charge in [0.2, 0.25) is 0 Å². The number of rotatable bonds is 5. The summed E-state index contributed by atoms with van der Waals surface area (Å²) < 4.78 is 5.76. The van der Waals surface area contributed by atoms with Gasteiger partial charge in [-0.3, -0.25) is 9.59 Å². The molecule has 0 saturated heterocycles. The molecule has 0 aliphatic heterocycles. The van der Waals surface area contributed by atoms with E-state index in [2.05, 4.69) is 21.2 Å². The zero-order chi connectivity index (χ0) is 18.4. The maximum Gasteiger partial charge on any atom is 0.312 e. The highest BCUT2D eigenvalue weighted by molar-refractivity contribution is 9.10. The van der Waals surface area contributed by atoms with E-state index < -0.39 is 6.10 Å². The van der Waals surface area contributed by atoms with Crippen LogP contribution >= 0.6 is 15.9 Å². The van der Waals surface area contributed by atoms with E-state index in [1.54, 1.807) is 6.92 Å². The van der Waals surface area contributed by atoms with Crippen LogP contribution in [0.2, 0.25) is 0 Å². The predicted octanol–water partition coefficient (Wildman–Crippen LogP) is 3.97. The van der Waals surface area contributed by atoms with Gasteiger partial charge in [0.15, 0.2) is 6.10 Å². The van der Waals surface area contributed by atoms with Crippen molar-refractivity contribution in [3.05, 3.63) is 35.9 Å². The van der Waals surface area contributed by atoms with Gasteiger partial charge in [0, 0.05) is 10.9 Å². The van der Waals surface area contributed by atoms with Gasteiger partial charge in [0.25, 0.3) is 5.91 Å². The monoisotopic (exact) mass is 419 g/mol. The third-order valence-corrected chi connectivity index (χ3v) is 7.31. The molecule has 0 aromatic heterocycles. The molecule has 0 heterocycles. The highest BCUT2D eigenvalue weighted by Gasteiger charge is 2.60. The fraction of sp³-hybridized carbons (Fsp3) is 0.619. The lowest BCUT2D eigenvalue weighted by molar-refractivity contribution is -0.176. The second-order valence-corrected chi connectivity index (χ2v) is 10.3. The van der Waals surface area contributed by atoms with Crippen LogP contribution in [0, 0.1) is 17.3 Å². The number of carbonyl (C=O) groups excluding carboxylic acids is 2. The maximum atomic E-state index is 13.0. The van der Waals surface area contributed by atoms with E-state index >= 15 is 0 Å². The molecule has 0 radical (unpaired) electrons. The minimum Gasteiger partial charge on any atom is -0.452 e. The summed E-state index contributed by atoms with van der Waals surface area (Å²) in [6.07, 6.45) is 5.53. The van der Waals surface area contributed by atoms with Crippen molar-refractivity contribution in [2.24, 2.45) is 17.3 Å². The Bertz CT molecular complexity index is 690. The van der Waals surface area contributed by atoms with E-state index in [0.717, 1.165) is 24.8 Å². The smallest absolute Gasteiger partial charge is 0.312 e. The van der Waals surface area contributed by atoms with Crippen LogP contribution in [0.25, 0.3) is 0 Å². The summed E-state index contributed by atoms with van der Waals surface area (Å²) in [6, 6.07) is 9.74. The maximum absolute atomic E-state index is 13.0. The van der Waals surface area contributed by atoms with Crippen LogP contribution in [0.15, 0.2) is 30.3 Å². The number of benzene rings is 1. The summed E-state index contributed by atoms with van der Waals surface area (Å²) in [5, 5.41) is 2.86. The Balaban J connectivity index is 1.36. The molecule has 2 unspecified atom stereocenters. The van der Waals surface area contributed by atoms with Crippen molar-refractivity contribution in [2.45, 2.75) is 62.4 Å². The highest BCUT2D eigenvalue weighted by Crippen LogP contribution is 2.64. The van der Waals surface area contributed by atoms with Crippen LogP contribution in [-0.2, 0) is 20.9 Å². The first-order valence-corrected chi connectivity index (χ1v) is 10.4. The normalized spacial score (nSPS) is 35.8. The third-order valence-electron chi connectivity index (χ3n) is 6.39. The van der Waals surface area contributed by atoms with Gasteiger partial charge in [-0.2, -0.15) is 0 Å². The van der Waals surface area contributed by atoms with Crippen LogP contribution < -0.4 is 5.32 Å². The summed E-state index contributed by atoms with van der Waals surface area (Å²) in [7, 11) is 0. The molecule has 5 rings (SSSR count). The number of carbonyl (C=O) groups is 2. The molecule has 4 bridgehead atoms. The van der Waals surface area contributed by atoms with Gasteiger partial charge >= 0.3 is 5.97 Å². The largest absolute Gasteiger partial charge is 0.452 e. The lowest BCUT2D eigenvalue weighted by atomic mass is 9.49. The van der Waals surface area contributed by atoms with Gasteiger partial charge in [0.05, 0.1) is 5.41 Å². The molecule has 5 atom stereocenters. The minimum absolute atomic E-state index is 0.106. The molecule has 1 amide bonds. The van der Waals surface area contributed by atoms with Crippen LogP contribution in [0.5, 0.6) is 0 Å². The van der Waals surface area contributed by atoms with E-state index in [-0.39, 0.29) is 21.6 Å². The first-order chi connectivity index (χ1) is 12.4. The number of halogens is 1. The molecule has 1 N–H and O–H groups in total. The van der Waals surface area contributed by atoms with Crippen molar-refractivity contribution in [1.29, 1.82) is 0 Å². The first-order valence-electron chi connectivity index (χ1n) is 9.59. The van der Waals surface area contributed by atoms with Crippen molar-refractivity contribution in [2.75, 3.05) is 0 Å². The van der Waals surface area contributed by atoms with Gasteiger partial charge in [-0.15, -0.1) is 0 Å². The van der Waals surface area contributed by atoms with Crippen LogP contribution in [-0.4, -0.2) is 22.3 Å². The van der Waals surface area contributed by atoms with E-state index in [4.69, 9.17) is 4.74 Å². The number of alkyl halides is 1. The summed E-state index contributed by atoms with van der Waals surface area (Å²) in [5.41, 5.74) is 0.642. The minimum atomic E-state index is -0.759. The molecule has 5 heteroatoms. The second kappa shape index (κ2) is 6.66. The molecular formula is C21H26BrNO3. The molecule has 4 aliphatic carbocycles. The quantitative estimate of drug-likeness (QED) is 0.580. The van der Waals surface area contributed by atoms with Gasteiger partial charge in [-0.1, -0.05) is 46.3 Å². The predicted molar refractivity (Wildman–Crippen MR) is 103 cm³/mol. The number of esters is 1. The average molecular weight is 420 g/mol. The molecule has 4 fully saturated rings. The summed E-state index contributed by atoms with van der Waals surface area (Å²) >= 11 is 3.92. The molecule has 1 aromatic carbocycles. The molecule has 26 heavy (non-hydrogen) atoms. The lowest BCUT2D eigenvalue weighted by Gasteiger charge is -2.58. The Morgan fingerprint density at radius 3 is 2.46 bits per heavy atom. The van der Waals surface area contributed by atoms with E-state index in [1.165, 1.54) is 19.3 Å². The fourth-order valence-electron chi connectivity index (χ4n) is 5.66. The van der Waals surface area contributed by atoms with Crippen molar-refractivity contribution in [1.82, 2.24) is 5.32 Å². The molecule has 1 aromatic rings. The number of hydrogen-bond donors (Lipinski definition) is 1. The average Bonchev–Trinajstić information content (AvgIpc) is 2.58. The topological polar surface area (TPSA) is 55.4 Å². The van der Waals surface area contributed by atoms with Crippen molar-refractivity contribution in [3.8, 4) is 0 Å². The third kappa shape index (κ3) is 3.42. The Morgan fingerprint density at radius 2 is 1.85 bits per heavy atom. The van der Waals surface area contributed by atoms with Crippen LogP contribution in [0.3, 0.4) is 0 Å². The zero-order valence-corrected chi connectivity index (χ0v) is 16.8. The number of hydrogen-bond acceptors (Lipinski definition) is 3. The van der Waals surface area contributed by atoms with E-state index in [1.807, 2.05) is 30.3 Å². The Labute approximate surface area is 163 Å². The molecule has 4 nitrogen and oxygen atoms in total. The van der Waals surface area contributed by atoms with Crippen molar-refractivity contribution < 1.29 is 14.3 Å². The number of ether oxygens (including phenoxy) is 1. The molecule has 4 aliphatic rings. The molecule has 140 valence electrons. The van der Waals surface area contributed by atoms with Gasteiger partial charge < -0.3 is 10.1 Å². The second-order valence-electron chi connectivity index (χ2n) is 8.64. The SMILES string of the molecule is C[C@H](OC(=O)C12C[C@@H]3C[C@@H](CC(Br)(C3)C1)C2)C(=O)NCc1ccccc1. The Kier molecular flexibility index (Phi) is 4.62. The van der Waals surface area contributed by atoms with Crippen molar-refractivity contribution in [3.63, 3.8) is 0 Å². The van der Waals surface area contributed by atoms with E-state index in [9.17, 15) is 9.59 Å². The van der Waals surface area contributed by atoms with Gasteiger partial charge in [-0.25, -0.2) is 0 Å². The number of amides is 1. The van der Waals surface area contributed by atoms with Crippen LogP contribution in [0.4, 0.5) is 0 Å². The summed E-state index contributed by atoms with van der Waals surface area (Å²) in [4.78, 5) is 25.3. The highest BCUT2D eigenvalue weighted by atomic mass is 79.9. The summed E-state index contributed by atoms with van der Waals surface area (Å²) in [6.45, 7) is 2.12. The van der Waals surface area contributed by atoms with Gasteiger partial charge in [-0.05, 0) is 62.8 Å².